The van der Waals surface area contributed by atoms with Crippen LogP contribution in [0.1, 0.15) is 33.1 Å². The molecule has 0 aromatic carbocycles. The first-order valence-corrected chi connectivity index (χ1v) is 8.02. The van der Waals surface area contributed by atoms with E-state index in [9.17, 15) is 14.7 Å². The van der Waals surface area contributed by atoms with E-state index in [1.54, 1.807) is 13.0 Å². The number of terminal acetylenes is 1. The molecule has 0 radical (unpaired) electrons. The lowest BCUT2D eigenvalue weighted by Gasteiger charge is -2.34. The molecule has 1 saturated heterocycles. The lowest BCUT2D eigenvalue weighted by molar-refractivity contribution is -0.145. The number of esters is 1. The molecule has 1 saturated carbocycles. The van der Waals surface area contributed by atoms with Crippen molar-refractivity contribution in [1.29, 1.82) is 0 Å². The number of carbonyl (C=O) groups excluding carboxylic acids is 2. The first-order valence-electron chi connectivity index (χ1n) is 8.02. The van der Waals surface area contributed by atoms with Crippen molar-refractivity contribution in [2.24, 2.45) is 23.7 Å². The molecule has 2 aliphatic carbocycles. The van der Waals surface area contributed by atoms with E-state index in [4.69, 9.17) is 11.2 Å². The fraction of sp³-hybridized carbons (Fsp3) is 0.579. The number of ketones is 1. The van der Waals surface area contributed by atoms with E-state index < -0.39 is 17.4 Å². The molecule has 1 N–H and O–H groups in total. The molecule has 4 nitrogen and oxygen atoms in total. The SMILES string of the molecule is C#CCC(CC1=CC(=O)[C@H]2[C@H]3[C@@H]1C(=O)O[C@H]3C[C@@]2(C)O)C(=C)C. The van der Waals surface area contributed by atoms with Crippen LogP contribution in [0, 0.1) is 36.0 Å². The average molecular weight is 314 g/mol. The Morgan fingerprint density at radius 3 is 2.91 bits per heavy atom. The van der Waals surface area contributed by atoms with Crippen LogP contribution >= 0.6 is 0 Å². The second-order valence-corrected chi connectivity index (χ2v) is 7.35. The highest BCUT2D eigenvalue weighted by atomic mass is 16.6. The van der Waals surface area contributed by atoms with Crippen molar-refractivity contribution in [2.75, 3.05) is 0 Å². The smallest absolute Gasteiger partial charge is 0.313 e. The minimum absolute atomic E-state index is 0.0457. The minimum atomic E-state index is -1.11. The zero-order chi connectivity index (χ0) is 16.9. The quantitative estimate of drug-likeness (QED) is 0.490. The van der Waals surface area contributed by atoms with Crippen LogP contribution in [0.2, 0.25) is 0 Å². The van der Waals surface area contributed by atoms with Crippen LogP contribution < -0.4 is 0 Å². The zero-order valence-electron chi connectivity index (χ0n) is 13.5. The maximum absolute atomic E-state index is 12.6. The van der Waals surface area contributed by atoms with Crippen molar-refractivity contribution >= 4 is 11.8 Å². The van der Waals surface area contributed by atoms with Gasteiger partial charge in [-0.2, -0.15) is 0 Å². The summed E-state index contributed by atoms with van der Waals surface area (Å²) in [6, 6.07) is 0. The van der Waals surface area contributed by atoms with Crippen molar-refractivity contribution < 1.29 is 19.4 Å². The van der Waals surface area contributed by atoms with Crippen LogP contribution in [0.25, 0.3) is 0 Å². The standard InChI is InChI=1S/C19H22O4/c1-5-6-11(10(2)3)7-12-8-13(20)17-16-14(9-19(17,4)22)23-18(21)15(12)16/h1,8,11,14-17,22H,2,6-7,9H2,3-4H3/t11?,14-,15+,16+,17-,19+/m0/s1. The summed E-state index contributed by atoms with van der Waals surface area (Å²) in [6.45, 7) is 7.53. The molecule has 0 amide bonds. The number of ether oxygens (including phenoxy) is 1. The molecule has 3 rings (SSSR count). The molecule has 1 aliphatic heterocycles. The van der Waals surface area contributed by atoms with Gasteiger partial charge in [-0.05, 0) is 32.3 Å². The number of hydrogen-bond donors (Lipinski definition) is 1. The van der Waals surface area contributed by atoms with Crippen LogP contribution in [0.15, 0.2) is 23.8 Å². The number of allylic oxidation sites excluding steroid dienone is 2. The molecule has 1 heterocycles. The molecule has 0 spiro atoms. The predicted molar refractivity (Wildman–Crippen MR) is 85.1 cm³/mol. The van der Waals surface area contributed by atoms with Crippen molar-refractivity contribution in [1.82, 2.24) is 0 Å². The molecule has 0 aromatic heterocycles. The van der Waals surface area contributed by atoms with Gasteiger partial charge in [-0.3, -0.25) is 9.59 Å². The molecule has 122 valence electrons. The highest BCUT2D eigenvalue weighted by Crippen LogP contribution is 2.55. The fourth-order valence-electron chi connectivity index (χ4n) is 4.50. The van der Waals surface area contributed by atoms with E-state index in [-0.39, 0.29) is 29.7 Å². The van der Waals surface area contributed by atoms with Gasteiger partial charge in [0, 0.05) is 18.8 Å². The lowest BCUT2D eigenvalue weighted by Crippen LogP contribution is -2.43. The molecule has 2 fully saturated rings. The Balaban J connectivity index is 1.95. The molecule has 1 unspecified atom stereocenters. The Kier molecular flexibility index (Phi) is 3.72. The highest BCUT2D eigenvalue weighted by molar-refractivity contribution is 5.98. The number of hydrogen-bond acceptors (Lipinski definition) is 4. The van der Waals surface area contributed by atoms with Gasteiger partial charge in [0.25, 0.3) is 0 Å². The van der Waals surface area contributed by atoms with E-state index >= 15 is 0 Å². The molecule has 23 heavy (non-hydrogen) atoms. The third kappa shape index (κ3) is 2.44. The molecular weight excluding hydrogens is 292 g/mol. The van der Waals surface area contributed by atoms with Gasteiger partial charge in [0.1, 0.15) is 6.10 Å². The van der Waals surface area contributed by atoms with E-state index in [2.05, 4.69) is 12.5 Å². The largest absolute Gasteiger partial charge is 0.461 e. The van der Waals surface area contributed by atoms with Crippen molar-refractivity contribution in [2.45, 2.75) is 44.8 Å². The predicted octanol–water partition coefficient (Wildman–Crippen LogP) is 2.03. The van der Waals surface area contributed by atoms with Gasteiger partial charge in [-0.15, -0.1) is 12.3 Å². The second kappa shape index (κ2) is 5.35. The summed E-state index contributed by atoms with van der Waals surface area (Å²) in [4.78, 5) is 24.9. The number of carbonyl (C=O) groups is 2. The third-order valence-corrected chi connectivity index (χ3v) is 5.58. The minimum Gasteiger partial charge on any atom is -0.461 e. The van der Waals surface area contributed by atoms with Crippen LogP contribution in [-0.2, 0) is 14.3 Å². The summed E-state index contributed by atoms with van der Waals surface area (Å²) in [5.74, 6) is 1.06. The van der Waals surface area contributed by atoms with Gasteiger partial charge in [0.2, 0.25) is 0 Å². The third-order valence-electron chi connectivity index (χ3n) is 5.58. The Hall–Kier alpha value is -1.86. The highest BCUT2D eigenvalue weighted by Gasteiger charge is 2.64. The normalized spacial score (nSPS) is 39.3. The van der Waals surface area contributed by atoms with Crippen molar-refractivity contribution in [3.8, 4) is 12.3 Å². The Bertz CT molecular complexity index is 649. The van der Waals surface area contributed by atoms with Crippen LogP contribution in [-0.4, -0.2) is 28.6 Å². The summed E-state index contributed by atoms with van der Waals surface area (Å²) >= 11 is 0. The molecule has 0 aromatic rings. The van der Waals surface area contributed by atoms with Gasteiger partial charge in [0.05, 0.1) is 17.4 Å². The monoisotopic (exact) mass is 314 g/mol. The summed E-state index contributed by atoms with van der Waals surface area (Å²) in [5.41, 5.74) is 0.615. The van der Waals surface area contributed by atoms with Crippen LogP contribution in [0.4, 0.5) is 0 Å². The summed E-state index contributed by atoms with van der Waals surface area (Å²) in [7, 11) is 0. The zero-order valence-corrected chi connectivity index (χ0v) is 13.5. The molecule has 0 bridgehead atoms. The summed E-state index contributed by atoms with van der Waals surface area (Å²) < 4.78 is 5.46. The molecule has 6 atom stereocenters. The Morgan fingerprint density at radius 1 is 1.61 bits per heavy atom. The number of aliphatic hydroxyl groups is 1. The topological polar surface area (TPSA) is 63.6 Å². The molecule has 4 heteroatoms. The maximum Gasteiger partial charge on any atom is 0.313 e. The van der Waals surface area contributed by atoms with Crippen molar-refractivity contribution in [3.63, 3.8) is 0 Å². The maximum atomic E-state index is 12.6. The summed E-state index contributed by atoms with van der Waals surface area (Å²) in [6.07, 6.45) is 8.00. The van der Waals surface area contributed by atoms with E-state index in [1.165, 1.54) is 0 Å². The lowest BCUT2D eigenvalue weighted by atomic mass is 9.68. The van der Waals surface area contributed by atoms with Crippen LogP contribution in [0.3, 0.4) is 0 Å². The van der Waals surface area contributed by atoms with Gasteiger partial charge < -0.3 is 9.84 Å². The first kappa shape index (κ1) is 16.0. The Morgan fingerprint density at radius 2 is 2.30 bits per heavy atom. The van der Waals surface area contributed by atoms with Gasteiger partial charge >= 0.3 is 5.97 Å². The summed E-state index contributed by atoms with van der Waals surface area (Å²) in [5, 5.41) is 10.5. The van der Waals surface area contributed by atoms with Gasteiger partial charge in [-0.1, -0.05) is 17.7 Å². The average Bonchev–Trinajstić information content (AvgIpc) is 2.86. The molecular formula is C19H22O4. The van der Waals surface area contributed by atoms with E-state index in [0.717, 1.165) is 11.1 Å². The Labute approximate surface area is 136 Å². The van der Waals surface area contributed by atoms with E-state index in [0.29, 0.717) is 19.3 Å². The van der Waals surface area contributed by atoms with Gasteiger partial charge in [0.15, 0.2) is 5.78 Å². The van der Waals surface area contributed by atoms with Gasteiger partial charge in [-0.25, -0.2) is 0 Å². The van der Waals surface area contributed by atoms with Crippen molar-refractivity contribution in [3.05, 3.63) is 23.8 Å². The number of rotatable bonds is 4. The first-order chi connectivity index (χ1) is 10.8. The van der Waals surface area contributed by atoms with E-state index in [1.807, 2.05) is 6.92 Å². The van der Waals surface area contributed by atoms with Crippen LogP contribution in [0.5, 0.6) is 0 Å². The molecule has 3 aliphatic rings. The second-order valence-electron chi connectivity index (χ2n) is 7.35. The fourth-order valence-corrected chi connectivity index (χ4v) is 4.50.